The lowest BCUT2D eigenvalue weighted by Gasteiger charge is -2.21. The minimum absolute atomic E-state index is 0.185. The maximum Gasteiger partial charge on any atom is 0.255 e. The maximum atomic E-state index is 14.5. The van der Waals surface area contributed by atoms with Crippen molar-refractivity contribution in [2.45, 2.75) is 20.8 Å². The van der Waals surface area contributed by atoms with E-state index in [1.165, 1.54) is 16.7 Å². The van der Waals surface area contributed by atoms with Gasteiger partial charge in [-0.1, -0.05) is 0 Å². The molecular weight excluding hydrogens is 516 g/mol. The van der Waals surface area contributed by atoms with Gasteiger partial charge in [0.05, 0.1) is 6.61 Å². The number of hydrogen-bond donors (Lipinski definition) is 1. The molecule has 1 aromatic heterocycles. The van der Waals surface area contributed by atoms with Crippen LogP contribution in [-0.2, 0) is 7.05 Å². The average Bonchev–Trinajstić information content (AvgIpc) is 2.94. The number of anilines is 2. The van der Waals surface area contributed by atoms with E-state index in [1.807, 2.05) is 12.1 Å². The summed E-state index contributed by atoms with van der Waals surface area (Å²) < 4.78 is 40.9. The van der Waals surface area contributed by atoms with E-state index in [2.05, 4.69) is 24.1 Å². The molecule has 4 aromatic rings. The SMILES string of the molecule is CCOc1cc(=O)n(C)cc1-c1cc(NC(=O)c2ccc(N(CC)CC)cc2)ccc1Oc1ccc(F)cc1F. The van der Waals surface area contributed by atoms with Gasteiger partial charge in [-0.25, -0.2) is 8.78 Å². The van der Waals surface area contributed by atoms with Crippen LogP contribution in [0.3, 0.4) is 0 Å². The molecule has 0 unspecified atom stereocenters. The first kappa shape index (κ1) is 28.4. The molecule has 9 heteroatoms. The summed E-state index contributed by atoms with van der Waals surface area (Å²) >= 11 is 0. The third kappa shape index (κ3) is 6.31. The van der Waals surface area contributed by atoms with E-state index in [0.717, 1.165) is 30.9 Å². The molecule has 0 fully saturated rings. The lowest BCUT2D eigenvalue weighted by atomic mass is 10.0. The Morgan fingerprint density at radius 1 is 0.875 bits per heavy atom. The number of amides is 1. The Balaban J connectivity index is 1.74. The van der Waals surface area contributed by atoms with Crippen LogP contribution < -0.4 is 25.2 Å². The molecule has 0 aliphatic carbocycles. The molecule has 1 heterocycles. The first-order chi connectivity index (χ1) is 19.2. The summed E-state index contributed by atoms with van der Waals surface area (Å²) in [4.78, 5) is 27.6. The van der Waals surface area contributed by atoms with Gasteiger partial charge in [0.1, 0.15) is 17.3 Å². The van der Waals surface area contributed by atoms with E-state index in [-0.39, 0.29) is 23.0 Å². The molecule has 7 nitrogen and oxygen atoms in total. The number of aromatic nitrogens is 1. The van der Waals surface area contributed by atoms with Crippen molar-refractivity contribution in [3.63, 3.8) is 0 Å². The third-order valence-corrected chi connectivity index (χ3v) is 6.39. The number of pyridine rings is 1. The summed E-state index contributed by atoms with van der Waals surface area (Å²) in [5.74, 6) is -1.60. The van der Waals surface area contributed by atoms with Crippen molar-refractivity contribution >= 4 is 17.3 Å². The van der Waals surface area contributed by atoms with Crippen LogP contribution in [0, 0.1) is 11.6 Å². The molecule has 40 heavy (non-hydrogen) atoms. The fraction of sp³-hybridized carbons (Fsp3) is 0.226. The van der Waals surface area contributed by atoms with Crippen LogP contribution in [0.4, 0.5) is 20.2 Å². The number of nitrogens with zero attached hydrogens (tertiary/aromatic N) is 2. The number of carbonyl (C=O) groups is 1. The number of ether oxygens (including phenoxy) is 2. The number of nitrogens with one attached hydrogen (secondary N) is 1. The largest absolute Gasteiger partial charge is 0.493 e. The zero-order valence-corrected chi connectivity index (χ0v) is 22.8. The van der Waals surface area contributed by atoms with Gasteiger partial charge in [0, 0.05) is 66.5 Å². The van der Waals surface area contributed by atoms with Crippen LogP contribution in [0.15, 0.2) is 77.7 Å². The maximum absolute atomic E-state index is 14.5. The summed E-state index contributed by atoms with van der Waals surface area (Å²) in [5, 5.41) is 2.89. The highest BCUT2D eigenvalue weighted by Crippen LogP contribution is 2.40. The topological polar surface area (TPSA) is 72.8 Å². The van der Waals surface area contributed by atoms with Crippen molar-refractivity contribution < 1.29 is 23.0 Å². The molecular formula is C31H31F2N3O4. The predicted molar refractivity (Wildman–Crippen MR) is 153 cm³/mol. The first-order valence-electron chi connectivity index (χ1n) is 13.0. The van der Waals surface area contributed by atoms with E-state index in [9.17, 15) is 18.4 Å². The lowest BCUT2D eigenvalue weighted by Crippen LogP contribution is -2.21. The Bertz CT molecular complexity index is 1560. The number of rotatable bonds is 10. The normalized spacial score (nSPS) is 10.8. The zero-order valence-electron chi connectivity index (χ0n) is 22.8. The summed E-state index contributed by atoms with van der Waals surface area (Å²) in [5.41, 5.74) is 2.58. The Morgan fingerprint density at radius 3 is 2.23 bits per heavy atom. The number of aryl methyl sites for hydroxylation is 1. The van der Waals surface area contributed by atoms with Crippen LogP contribution in [0.25, 0.3) is 11.1 Å². The van der Waals surface area contributed by atoms with Crippen molar-refractivity contribution in [1.82, 2.24) is 4.57 Å². The molecule has 0 radical (unpaired) electrons. The monoisotopic (exact) mass is 547 g/mol. The molecule has 3 aromatic carbocycles. The van der Waals surface area contributed by atoms with E-state index in [1.54, 1.807) is 50.5 Å². The summed E-state index contributed by atoms with van der Waals surface area (Å²) in [6, 6.07) is 16.5. The van der Waals surface area contributed by atoms with Gasteiger partial charge in [-0.05, 0) is 75.4 Å². The molecule has 1 amide bonds. The molecule has 0 saturated heterocycles. The average molecular weight is 548 g/mol. The molecule has 0 saturated carbocycles. The highest BCUT2D eigenvalue weighted by atomic mass is 19.1. The van der Waals surface area contributed by atoms with Crippen LogP contribution in [-0.4, -0.2) is 30.2 Å². The first-order valence-corrected chi connectivity index (χ1v) is 13.0. The quantitative estimate of drug-likeness (QED) is 0.242. The molecule has 1 N–H and O–H groups in total. The standard InChI is InChI=1S/C31H31F2N3O4/c1-5-36(6-2)23-12-8-20(9-13-23)31(38)34-22-11-15-27(40-28-14-10-21(32)16-26(28)33)24(17-22)25-19-35(4)30(37)18-29(25)39-7-3/h8-19H,5-7H2,1-4H3,(H,34,38). The van der Waals surface area contributed by atoms with Crippen LogP contribution in [0.1, 0.15) is 31.1 Å². The molecule has 0 atom stereocenters. The van der Waals surface area contributed by atoms with Crippen molar-refractivity contribution in [2.24, 2.45) is 7.05 Å². The van der Waals surface area contributed by atoms with Gasteiger partial charge < -0.3 is 24.3 Å². The summed E-state index contributed by atoms with van der Waals surface area (Å²) in [7, 11) is 1.59. The fourth-order valence-electron chi connectivity index (χ4n) is 4.29. The van der Waals surface area contributed by atoms with Gasteiger partial charge in [-0.2, -0.15) is 0 Å². The van der Waals surface area contributed by atoms with E-state index in [4.69, 9.17) is 9.47 Å². The van der Waals surface area contributed by atoms with Gasteiger partial charge in [0.15, 0.2) is 11.6 Å². The third-order valence-electron chi connectivity index (χ3n) is 6.39. The van der Waals surface area contributed by atoms with Crippen LogP contribution in [0.2, 0.25) is 0 Å². The van der Waals surface area contributed by atoms with Crippen molar-refractivity contribution in [3.8, 4) is 28.4 Å². The number of hydrogen-bond acceptors (Lipinski definition) is 5. The van der Waals surface area contributed by atoms with E-state index < -0.39 is 11.6 Å². The van der Waals surface area contributed by atoms with E-state index in [0.29, 0.717) is 34.7 Å². The van der Waals surface area contributed by atoms with E-state index >= 15 is 0 Å². The second kappa shape index (κ2) is 12.5. The smallest absolute Gasteiger partial charge is 0.255 e. The van der Waals surface area contributed by atoms with Crippen molar-refractivity contribution in [3.05, 3.63) is 100 Å². The number of carbonyl (C=O) groups excluding carboxylic acids is 1. The minimum Gasteiger partial charge on any atom is -0.493 e. The lowest BCUT2D eigenvalue weighted by molar-refractivity contribution is 0.102. The predicted octanol–water partition coefficient (Wildman–Crippen LogP) is 6.62. The number of halogens is 2. The zero-order chi connectivity index (χ0) is 28.8. The van der Waals surface area contributed by atoms with Gasteiger partial charge in [0.25, 0.3) is 11.5 Å². The Morgan fingerprint density at radius 2 is 1.57 bits per heavy atom. The van der Waals surface area contributed by atoms with Crippen molar-refractivity contribution in [1.29, 1.82) is 0 Å². The molecule has 0 aliphatic heterocycles. The van der Waals surface area contributed by atoms with Gasteiger partial charge in [-0.15, -0.1) is 0 Å². The van der Waals surface area contributed by atoms with Crippen LogP contribution >= 0.6 is 0 Å². The molecule has 0 bridgehead atoms. The van der Waals surface area contributed by atoms with Gasteiger partial charge in [-0.3, -0.25) is 9.59 Å². The van der Waals surface area contributed by atoms with Gasteiger partial charge >= 0.3 is 0 Å². The molecule has 0 spiro atoms. The van der Waals surface area contributed by atoms with Crippen LogP contribution in [0.5, 0.6) is 17.2 Å². The molecule has 4 rings (SSSR count). The van der Waals surface area contributed by atoms with Crippen molar-refractivity contribution in [2.75, 3.05) is 29.9 Å². The second-order valence-electron chi connectivity index (χ2n) is 8.99. The summed E-state index contributed by atoms with van der Waals surface area (Å²) in [6.07, 6.45) is 1.58. The Labute approximate surface area is 231 Å². The minimum atomic E-state index is -0.873. The highest BCUT2D eigenvalue weighted by molar-refractivity contribution is 6.05. The molecule has 0 aliphatic rings. The fourth-order valence-corrected chi connectivity index (χ4v) is 4.29. The molecule has 208 valence electrons. The highest BCUT2D eigenvalue weighted by Gasteiger charge is 2.18. The number of benzene rings is 3. The Kier molecular flexibility index (Phi) is 8.83. The van der Waals surface area contributed by atoms with Gasteiger partial charge in [0.2, 0.25) is 0 Å². The second-order valence-corrected chi connectivity index (χ2v) is 8.99. The summed E-state index contributed by atoms with van der Waals surface area (Å²) in [6.45, 7) is 7.94. The Hall–Kier alpha value is -4.66.